The molecule has 0 fully saturated rings. The van der Waals surface area contributed by atoms with Gasteiger partial charge >= 0.3 is 30.9 Å². The van der Waals surface area contributed by atoms with E-state index in [2.05, 4.69) is 0 Å². The van der Waals surface area contributed by atoms with Crippen LogP contribution in [0.1, 0.15) is 27.8 Å². The molecule has 0 aliphatic carbocycles. The molecule has 0 aliphatic rings. The zero-order valence-corrected chi connectivity index (χ0v) is 51.3. The Morgan fingerprint density at radius 1 is 0.172 bits per heavy atom. The average molecular weight is 1340 g/mol. The van der Waals surface area contributed by atoms with Crippen molar-refractivity contribution >= 4 is 21.8 Å². The van der Waals surface area contributed by atoms with Crippen LogP contribution < -0.4 is 0 Å². The maximum atomic E-state index is 15.2. The number of aromatic nitrogens is 1. The van der Waals surface area contributed by atoms with Crippen molar-refractivity contribution in [3.05, 3.63) is 319 Å². The lowest BCUT2D eigenvalue weighted by Crippen LogP contribution is -2.10. The normalized spacial score (nSPS) is 12.4. The molecule has 13 aromatic carbocycles. The molecule has 99 heavy (non-hydrogen) atoms. The van der Waals surface area contributed by atoms with Gasteiger partial charge in [-0.25, -0.2) is 0 Å². The van der Waals surface area contributed by atoms with Gasteiger partial charge in [0.1, 0.15) is 0 Å². The third-order valence-corrected chi connectivity index (χ3v) is 17.8. The monoisotopic (exact) mass is 1340 g/mol. The second kappa shape index (κ2) is 24.9. The third-order valence-electron chi connectivity index (χ3n) is 17.8. The van der Waals surface area contributed by atoms with Gasteiger partial charge in [-0.2, -0.15) is 65.9 Å². The van der Waals surface area contributed by atoms with Crippen LogP contribution in [-0.2, 0) is 30.9 Å². The zero-order chi connectivity index (χ0) is 69.3. The zero-order valence-electron chi connectivity index (χ0n) is 51.3. The number of para-hydroxylation sites is 1. The Morgan fingerprint density at radius 2 is 0.374 bits per heavy atom. The Kier molecular flexibility index (Phi) is 16.3. The largest absolute Gasteiger partial charge is 0.418 e. The molecule has 0 unspecified atom stereocenters. The molecule has 0 radical (unpaired) electrons. The van der Waals surface area contributed by atoms with E-state index in [1.165, 1.54) is 95.6 Å². The summed E-state index contributed by atoms with van der Waals surface area (Å²) in [7, 11) is 0. The van der Waals surface area contributed by atoms with Crippen LogP contribution in [-0.4, -0.2) is 4.57 Å². The van der Waals surface area contributed by atoms with Crippen LogP contribution in [0, 0.1) is 0 Å². The first kappa shape index (κ1) is 64.9. The van der Waals surface area contributed by atoms with Crippen LogP contribution in [0.4, 0.5) is 65.9 Å². The van der Waals surface area contributed by atoms with E-state index in [1.54, 1.807) is 121 Å². The number of fused-ring (bicyclic) bond motifs is 3. The molecule has 1 aromatic heterocycles. The molecule has 0 atom stereocenters. The Bertz CT molecular complexity index is 4840. The molecular formula is C83H48F15N. The van der Waals surface area contributed by atoms with Crippen molar-refractivity contribution in [2.75, 3.05) is 0 Å². The van der Waals surface area contributed by atoms with Crippen molar-refractivity contribution in [1.29, 1.82) is 0 Å². The minimum atomic E-state index is -4.81. The molecule has 0 bridgehead atoms. The summed E-state index contributed by atoms with van der Waals surface area (Å²) in [4.78, 5) is 0. The number of rotatable bonds is 11. The maximum absolute atomic E-state index is 15.2. The highest BCUT2D eigenvalue weighted by molar-refractivity contribution is 6.12. The topological polar surface area (TPSA) is 4.93 Å². The van der Waals surface area contributed by atoms with E-state index in [-0.39, 0.29) is 27.9 Å². The number of halogens is 15. The van der Waals surface area contributed by atoms with E-state index in [9.17, 15) is 52.7 Å². The Morgan fingerprint density at radius 3 is 0.626 bits per heavy atom. The Hall–Kier alpha value is -11.4. The van der Waals surface area contributed by atoms with Gasteiger partial charge in [-0.1, -0.05) is 194 Å². The summed E-state index contributed by atoms with van der Waals surface area (Å²) in [6.07, 6.45) is -23.4. The van der Waals surface area contributed by atoms with Gasteiger partial charge in [0.2, 0.25) is 0 Å². The molecule has 14 aromatic rings. The molecule has 1 heterocycles. The van der Waals surface area contributed by atoms with Gasteiger partial charge in [0.15, 0.2) is 0 Å². The summed E-state index contributed by atoms with van der Waals surface area (Å²) >= 11 is 0. The molecule has 0 saturated carbocycles. The second-order valence-electron chi connectivity index (χ2n) is 23.9. The number of nitrogens with zero attached hydrogens (tertiary/aromatic N) is 1. The van der Waals surface area contributed by atoms with Gasteiger partial charge in [0.25, 0.3) is 0 Å². The van der Waals surface area contributed by atoms with Gasteiger partial charge in [0.05, 0.1) is 44.5 Å². The van der Waals surface area contributed by atoms with Gasteiger partial charge in [-0.15, -0.1) is 0 Å². The van der Waals surface area contributed by atoms with E-state index in [4.69, 9.17) is 0 Å². The minimum absolute atomic E-state index is 0.0373. The van der Waals surface area contributed by atoms with Crippen LogP contribution in [0.5, 0.6) is 0 Å². The van der Waals surface area contributed by atoms with Crippen molar-refractivity contribution in [1.82, 2.24) is 4.57 Å². The highest BCUT2D eigenvalue weighted by Crippen LogP contribution is 2.47. The fourth-order valence-electron chi connectivity index (χ4n) is 13.1. The summed E-state index contributed by atoms with van der Waals surface area (Å²) in [5, 5.41) is 0.990. The molecule has 1 nitrogen and oxygen atoms in total. The summed E-state index contributed by atoms with van der Waals surface area (Å²) < 4.78 is 219. The van der Waals surface area contributed by atoms with E-state index >= 15 is 13.2 Å². The average Bonchev–Trinajstić information content (AvgIpc) is 1.58. The molecular weight excluding hydrogens is 1300 g/mol. The second-order valence-corrected chi connectivity index (χ2v) is 23.9. The maximum Gasteiger partial charge on any atom is 0.418 e. The van der Waals surface area contributed by atoms with Crippen molar-refractivity contribution in [3.8, 4) is 117 Å². The predicted octanol–water partition coefficient (Wildman–Crippen LogP) is 26.5. The van der Waals surface area contributed by atoms with Crippen molar-refractivity contribution in [2.45, 2.75) is 30.9 Å². The standard InChI is InChI=1S/C83H48F15N/c84-79(85,86)71-15-5-1-11-65(71)53-29-21-49(22-30-53)59-41-60(50-23-31-54(32-24-50)66-12-2-6-16-72(66)80(87,88)89)44-63(43-59)57-37-39-76-69(47-57)70-48-58(38-40-77(70)99(76)78-20-10-9-19-75(78)83(96,97)98)64-45-61(51-25-33-55(34-26-51)67-13-3-7-17-73(67)81(90,91)92)42-62(46-64)52-27-35-56(36-28-52)68-14-4-8-18-74(68)82(93,94)95/h1-48H. The molecule has 0 amide bonds. The summed E-state index contributed by atoms with van der Waals surface area (Å²) in [5.41, 5.74) is 4.35. The minimum Gasteiger partial charge on any atom is -0.309 e. The first-order valence-corrected chi connectivity index (χ1v) is 30.9. The van der Waals surface area contributed by atoms with Crippen LogP contribution in [0.2, 0.25) is 0 Å². The van der Waals surface area contributed by atoms with Crippen LogP contribution in [0.15, 0.2) is 291 Å². The molecule has 14 rings (SSSR count). The molecule has 0 spiro atoms. The van der Waals surface area contributed by atoms with Crippen molar-refractivity contribution in [3.63, 3.8) is 0 Å². The summed E-state index contributed by atoms with van der Waals surface area (Å²) in [6.45, 7) is 0. The van der Waals surface area contributed by atoms with E-state index in [0.29, 0.717) is 111 Å². The van der Waals surface area contributed by atoms with Gasteiger partial charge < -0.3 is 4.57 Å². The Labute approximate surface area is 556 Å². The number of benzene rings is 13. The van der Waals surface area contributed by atoms with Crippen molar-refractivity contribution < 1.29 is 65.9 Å². The smallest absolute Gasteiger partial charge is 0.309 e. The van der Waals surface area contributed by atoms with Crippen LogP contribution in [0.25, 0.3) is 139 Å². The summed E-state index contributed by atoms with van der Waals surface area (Å²) in [5.74, 6) is 0. The molecule has 490 valence electrons. The third kappa shape index (κ3) is 12.9. The predicted molar refractivity (Wildman–Crippen MR) is 360 cm³/mol. The lowest BCUT2D eigenvalue weighted by Gasteiger charge is -2.16. The first-order valence-electron chi connectivity index (χ1n) is 30.9. The van der Waals surface area contributed by atoms with Gasteiger partial charge in [0, 0.05) is 10.8 Å². The molecule has 0 aliphatic heterocycles. The fourth-order valence-corrected chi connectivity index (χ4v) is 13.1. The number of hydrogen-bond acceptors (Lipinski definition) is 0. The highest BCUT2D eigenvalue weighted by atomic mass is 19.4. The van der Waals surface area contributed by atoms with Crippen LogP contribution >= 0.6 is 0 Å². The quantitative estimate of drug-likeness (QED) is 0.114. The van der Waals surface area contributed by atoms with E-state index in [0.717, 1.165) is 30.3 Å². The van der Waals surface area contributed by atoms with Gasteiger partial charge in [-0.3, -0.25) is 0 Å². The fraction of sp³-hybridized carbons (Fsp3) is 0.0602. The lowest BCUT2D eigenvalue weighted by atomic mass is 9.90. The molecule has 16 heteroatoms. The van der Waals surface area contributed by atoms with E-state index < -0.39 is 58.7 Å². The highest BCUT2D eigenvalue weighted by Gasteiger charge is 2.38. The van der Waals surface area contributed by atoms with Gasteiger partial charge in [-0.05, 0) is 208 Å². The SMILES string of the molecule is FC(F)(F)c1ccccc1-c1ccc(-c2cc(-c3ccc(-c4ccccc4C(F)(F)F)cc3)cc(-c3ccc4c(c3)c3cc(-c5cc(-c6ccc(-c7ccccc7C(F)(F)F)cc6)cc(-c6ccc(-c7ccccc7C(F)(F)F)cc6)c5)ccc3n4-c3ccccc3C(F)(F)F)c2)cc1. The Balaban J connectivity index is 0.947. The first-order chi connectivity index (χ1) is 47.2. The van der Waals surface area contributed by atoms with E-state index in [1.807, 2.05) is 48.5 Å². The molecule has 0 saturated heterocycles. The molecule has 0 N–H and O–H groups in total. The van der Waals surface area contributed by atoms with Crippen LogP contribution in [0.3, 0.4) is 0 Å². The van der Waals surface area contributed by atoms with Crippen molar-refractivity contribution in [2.24, 2.45) is 0 Å². The number of alkyl halides is 15. The summed E-state index contributed by atoms with van der Waals surface area (Å²) in [6, 6.07) is 73.6. The lowest BCUT2D eigenvalue weighted by molar-refractivity contribution is -0.138. The number of hydrogen-bond donors (Lipinski definition) is 0.